The summed E-state index contributed by atoms with van der Waals surface area (Å²) in [5.74, 6) is 0.589. The van der Waals surface area contributed by atoms with E-state index in [-0.39, 0.29) is 17.9 Å². The summed E-state index contributed by atoms with van der Waals surface area (Å²) in [7, 11) is 0. The van der Waals surface area contributed by atoms with Gasteiger partial charge in [-0.15, -0.1) is 0 Å². The zero-order valence-corrected chi connectivity index (χ0v) is 17.8. The van der Waals surface area contributed by atoms with Crippen molar-refractivity contribution >= 4 is 34.9 Å². The fourth-order valence-corrected chi connectivity index (χ4v) is 4.38. The molecule has 2 aliphatic heterocycles. The lowest BCUT2D eigenvalue weighted by molar-refractivity contribution is -0.125. The Morgan fingerprint density at radius 2 is 1.77 bits per heavy atom. The van der Waals surface area contributed by atoms with Crippen LogP contribution in [0.2, 0.25) is 5.02 Å². The van der Waals surface area contributed by atoms with E-state index in [9.17, 15) is 9.59 Å². The van der Waals surface area contributed by atoms with Crippen LogP contribution in [-0.2, 0) is 4.79 Å². The van der Waals surface area contributed by atoms with Gasteiger partial charge in [0.1, 0.15) is 11.5 Å². The highest BCUT2D eigenvalue weighted by Gasteiger charge is 2.40. The molecule has 0 spiro atoms. The number of carbonyl (C=O) groups is 2. The lowest BCUT2D eigenvalue weighted by Crippen LogP contribution is -2.44. The minimum Gasteiger partial charge on any atom is -0.463 e. The summed E-state index contributed by atoms with van der Waals surface area (Å²) in [6.07, 6.45) is -0.631. The van der Waals surface area contributed by atoms with Crippen molar-refractivity contribution in [2.45, 2.75) is 26.0 Å². The van der Waals surface area contributed by atoms with Crippen molar-refractivity contribution in [2.75, 3.05) is 16.3 Å². The van der Waals surface area contributed by atoms with Crippen LogP contribution in [-0.4, -0.2) is 29.4 Å². The minimum atomic E-state index is -0.631. The van der Waals surface area contributed by atoms with Crippen LogP contribution < -0.4 is 14.5 Å². The first-order chi connectivity index (χ1) is 15.0. The number of aromatic nitrogens is 1. The van der Waals surface area contributed by atoms with Crippen LogP contribution in [0.15, 0.2) is 60.7 Å². The maximum atomic E-state index is 13.4. The van der Waals surface area contributed by atoms with E-state index in [4.69, 9.17) is 16.3 Å². The molecule has 5 rings (SSSR count). The second-order valence-corrected chi connectivity index (χ2v) is 7.99. The normalized spacial score (nSPS) is 19.8. The highest BCUT2D eigenvalue weighted by atomic mass is 35.5. The van der Waals surface area contributed by atoms with Gasteiger partial charge in [-0.3, -0.25) is 14.5 Å². The summed E-state index contributed by atoms with van der Waals surface area (Å²) in [4.78, 5) is 33.8. The number of benzene rings is 2. The molecule has 1 unspecified atom stereocenters. The van der Waals surface area contributed by atoms with Gasteiger partial charge in [0, 0.05) is 17.1 Å². The molecular weight excluding hydrogens is 414 g/mol. The minimum absolute atomic E-state index is 0.103. The van der Waals surface area contributed by atoms with E-state index >= 15 is 0 Å². The zero-order valence-electron chi connectivity index (χ0n) is 17.1. The van der Waals surface area contributed by atoms with Gasteiger partial charge in [0.25, 0.3) is 11.8 Å². The first kappa shape index (κ1) is 19.6. The number of likely N-dealkylation sites (N-methyl/N-ethyl adjacent to an activating group) is 1. The third kappa shape index (κ3) is 3.06. The van der Waals surface area contributed by atoms with Crippen molar-refractivity contribution in [3.8, 4) is 5.88 Å². The number of rotatable bonds is 3. The molecule has 0 radical (unpaired) electrons. The number of fused-ring (bicyclic) bond motifs is 2. The molecule has 0 N–H and O–H groups in total. The average molecular weight is 434 g/mol. The number of halogens is 1. The van der Waals surface area contributed by atoms with Crippen LogP contribution in [0.5, 0.6) is 5.88 Å². The molecule has 2 amide bonds. The molecule has 3 aromatic rings. The summed E-state index contributed by atoms with van der Waals surface area (Å²) < 4.78 is 5.79. The number of anilines is 2. The second kappa shape index (κ2) is 7.39. The summed E-state index contributed by atoms with van der Waals surface area (Å²) >= 11 is 6.09. The molecule has 1 aromatic heterocycles. The topological polar surface area (TPSA) is 62.7 Å². The Morgan fingerprint density at radius 1 is 1.03 bits per heavy atom. The number of amides is 2. The van der Waals surface area contributed by atoms with Crippen LogP contribution in [0, 0.1) is 0 Å². The van der Waals surface area contributed by atoms with Crippen molar-refractivity contribution < 1.29 is 14.3 Å². The third-order valence-corrected chi connectivity index (χ3v) is 5.98. The summed E-state index contributed by atoms with van der Waals surface area (Å²) in [6, 6.07) is 18.3. The van der Waals surface area contributed by atoms with E-state index in [2.05, 4.69) is 4.98 Å². The molecule has 156 valence electrons. The molecule has 0 saturated heterocycles. The lowest BCUT2D eigenvalue weighted by atomic mass is 9.98. The van der Waals surface area contributed by atoms with Gasteiger partial charge in [0.05, 0.1) is 6.04 Å². The second-order valence-electron chi connectivity index (χ2n) is 7.55. The number of ether oxygens (including phenoxy) is 1. The van der Waals surface area contributed by atoms with Crippen molar-refractivity contribution in [3.05, 3.63) is 82.4 Å². The molecule has 0 fully saturated rings. The van der Waals surface area contributed by atoms with E-state index in [1.54, 1.807) is 28.9 Å². The highest BCUT2D eigenvalue weighted by molar-refractivity contribution is 6.30. The van der Waals surface area contributed by atoms with Crippen LogP contribution >= 0.6 is 11.6 Å². The maximum Gasteiger partial charge on any atom is 0.267 e. The van der Waals surface area contributed by atoms with Crippen LogP contribution in [0.3, 0.4) is 0 Å². The maximum absolute atomic E-state index is 13.4. The van der Waals surface area contributed by atoms with Gasteiger partial charge >= 0.3 is 0 Å². The molecule has 2 aliphatic rings. The van der Waals surface area contributed by atoms with Crippen molar-refractivity contribution in [1.29, 1.82) is 0 Å². The van der Waals surface area contributed by atoms with Crippen molar-refractivity contribution in [2.24, 2.45) is 0 Å². The van der Waals surface area contributed by atoms with Gasteiger partial charge in [-0.1, -0.05) is 41.9 Å². The zero-order chi connectivity index (χ0) is 21.7. The van der Waals surface area contributed by atoms with Gasteiger partial charge in [-0.05, 0) is 55.3 Å². The molecule has 31 heavy (non-hydrogen) atoms. The van der Waals surface area contributed by atoms with Crippen LogP contribution in [0.25, 0.3) is 0 Å². The largest absolute Gasteiger partial charge is 0.463 e. The van der Waals surface area contributed by atoms with Gasteiger partial charge in [0.2, 0.25) is 5.88 Å². The smallest absolute Gasteiger partial charge is 0.267 e. The molecule has 0 saturated carbocycles. The Balaban J connectivity index is 1.63. The SMILES string of the molecule is CCN1C(=O)[C@@H](C)Oc2nc(N3C(=O)c4ccccc4C3c3ccc(Cl)cc3)ccc21. The monoisotopic (exact) mass is 433 g/mol. The Hall–Kier alpha value is -3.38. The predicted octanol–water partition coefficient (Wildman–Crippen LogP) is 4.62. The fraction of sp³-hybridized carbons (Fsp3) is 0.208. The van der Waals surface area contributed by atoms with Gasteiger partial charge in [-0.25, -0.2) is 0 Å². The molecule has 6 nitrogen and oxygen atoms in total. The number of carbonyl (C=O) groups excluding carboxylic acids is 2. The van der Waals surface area contributed by atoms with E-state index < -0.39 is 6.10 Å². The summed E-state index contributed by atoms with van der Waals surface area (Å²) in [5, 5.41) is 0.631. The molecule has 0 bridgehead atoms. The van der Waals surface area contributed by atoms with Crippen LogP contribution in [0.4, 0.5) is 11.5 Å². The van der Waals surface area contributed by atoms with E-state index in [0.717, 1.165) is 11.1 Å². The molecule has 7 heteroatoms. The molecule has 2 aromatic carbocycles. The van der Waals surface area contributed by atoms with Crippen molar-refractivity contribution in [1.82, 2.24) is 4.98 Å². The lowest BCUT2D eigenvalue weighted by Gasteiger charge is -2.32. The van der Waals surface area contributed by atoms with Crippen LogP contribution in [0.1, 0.15) is 41.4 Å². The Bertz CT molecular complexity index is 1190. The quantitative estimate of drug-likeness (QED) is 0.604. The first-order valence-electron chi connectivity index (χ1n) is 10.2. The number of nitrogens with zero attached hydrogens (tertiary/aromatic N) is 3. The first-order valence-corrected chi connectivity index (χ1v) is 10.5. The Morgan fingerprint density at radius 3 is 2.52 bits per heavy atom. The molecular formula is C24H20ClN3O3. The number of hydrogen-bond acceptors (Lipinski definition) is 4. The van der Waals surface area contributed by atoms with Gasteiger partial charge in [0.15, 0.2) is 6.10 Å². The number of hydrogen-bond donors (Lipinski definition) is 0. The average Bonchev–Trinajstić information content (AvgIpc) is 3.08. The van der Waals surface area contributed by atoms with E-state index in [1.165, 1.54) is 0 Å². The van der Waals surface area contributed by atoms with Gasteiger partial charge in [-0.2, -0.15) is 4.98 Å². The van der Waals surface area contributed by atoms with E-state index in [1.807, 2.05) is 55.5 Å². The Labute approximate surface area is 185 Å². The van der Waals surface area contributed by atoms with Gasteiger partial charge < -0.3 is 9.64 Å². The molecule has 2 atom stereocenters. The molecule has 0 aliphatic carbocycles. The summed E-state index contributed by atoms with van der Waals surface area (Å²) in [5.41, 5.74) is 3.10. The summed E-state index contributed by atoms with van der Waals surface area (Å²) in [6.45, 7) is 4.13. The Kier molecular flexibility index (Phi) is 4.67. The van der Waals surface area contributed by atoms with Crippen molar-refractivity contribution in [3.63, 3.8) is 0 Å². The fourth-order valence-electron chi connectivity index (χ4n) is 4.26. The predicted molar refractivity (Wildman–Crippen MR) is 119 cm³/mol. The van der Waals surface area contributed by atoms with E-state index in [0.29, 0.717) is 34.5 Å². The third-order valence-electron chi connectivity index (χ3n) is 5.73. The highest BCUT2D eigenvalue weighted by Crippen LogP contribution is 2.43. The number of pyridine rings is 1. The molecule has 3 heterocycles. The standard InChI is InChI=1S/C24H20ClN3O3/c1-3-27-19-12-13-20(26-22(19)31-14(2)23(27)29)28-21(15-8-10-16(25)11-9-15)17-6-4-5-7-18(17)24(28)30/h4-14,21H,3H2,1-2H3/t14-,21?/m1/s1.